The van der Waals surface area contributed by atoms with E-state index in [1.165, 1.54) is 11.6 Å². The molecule has 146 valence electrons. The zero-order valence-corrected chi connectivity index (χ0v) is 16.6. The van der Waals surface area contributed by atoms with E-state index in [9.17, 15) is 18.1 Å². The molecule has 0 spiro atoms. The molecule has 2 atom stereocenters. The van der Waals surface area contributed by atoms with Crippen LogP contribution in [-0.2, 0) is 16.5 Å². The van der Waals surface area contributed by atoms with Crippen LogP contribution in [0.2, 0.25) is 0 Å². The van der Waals surface area contributed by atoms with E-state index < -0.39 is 15.7 Å². The lowest BCUT2D eigenvalue weighted by molar-refractivity contribution is -0.0259. The minimum absolute atomic E-state index is 0.0247. The Labute approximate surface area is 162 Å². The molecule has 0 heterocycles. The monoisotopic (exact) mass is 388 g/mol. The number of rotatable bonds is 6. The second-order valence-electron chi connectivity index (χ2n) is 7.75. The maximum Gasteiger partial charge on any atom is 0.294 e. The van der Waals surface area contributed by atoms with Gasteiger partial charge in [0.15, 0.2) is 0 Å². The molecule has 1 saturated carbocycles. The quantitative estimate of drug-likeness (QED) is 0.706. The molecule has 2 aromatic carbocycles. The van der Waals surface area contributed by atoms with Crippen molar-refractivity contribution in [2.75, 3.05) is 0 Å². The Morgan fingerprint density at radius 1 is 1.11 bits per heavy atom. The molecule has 0 amide bonds. The average Bonchev–Trinajstić information content (AvgIpc) is 2.62. The molecule has 27 heavy (non-hydrogen) atoms. The van der Waals surface area contributed by atoms with Crippen LogP contribution in [0.15, 0.2) is 53.4 Å². The zero-order chi connectivity index (χ0) is 19.5. The highest BCUT2D eigenvalue weighted by Crippen LogP contribution is 2.43. The van der Waals surface area contributed by atoms with Crippen LogP contribution in [0.1, 0.15) is 61.1 Å². The Balaban J connectivity index is 1.75. The van der Waals surface area contributed by atoms with Gasteiger partial charge in [0.25, 0.3) is 10.1 Å². The topological polar surface area (TPSA) is 74.6 Å². The maximum atomic E-state index is 11.6. The van der Waals surface area contributed by atoms with Gasteiger partial charge >= 0.3 is 0 Å². The molecule has 0 saturated heterocycles. The fraction of sp³-hybridized carbons (Fsp3) is 0.455. The fourth-order valence-electron chi connectivity index (χ4n) is 4.42. The fourth-order valence-corrected chi connectivity index (χ4v) is 5.16. The molecule has 1 aliphatic carbocycles. The lowest BCUT2D eigenvalue weighted by Crippen LogP contribution is -2.39. The molecule has 4 nitrogen and oxygen atoms in total. The number of aliphatic hydroxyl groups is 1. The van der Waals surface area contributed by atoms with Gasteiger partial charge in [-0.05, 0) is 56.2 Å². The van der Waals surface area contributed by atoms with Crippen LogP contribution in [0.5, 0.6) is 0 Å². The van der Waals surface area contributed by atoms with Crippen molar-refractivity contribution < 1.29 is 18.1 Å². The van der Waals surface area contributed by atoms with E-state index in [2.05, 4.69) is 12.1 Å². The first kappa shape index (κ1) is 20.1. The van der Waals surface area contributed by atoms with Crippen molar-refractivity contribution in [2.45, 2.75) is 68.3 Å². The summed E-state index contributed by atoms with van der Waals surface area (Å²) >= 11 is 0. The Hall–Kier alpha value is -1.69. The van der Waals surface area contributed by atoms with Crippen LogP contribution in [0, 0.1) is 6.92 Å². The zero-order valence-electron chi connectivity index (χ0n) is 15.8. The van der Waals surface area contributed by atoms with E-state index in [4.69, 9.17) is 0 Å². The molecule has 0 bridgehead atoms. The van der Waals surface area contributed by atoms with Crippen LogP contribution in [-0.4, -0.2) is 23.7 Å². The summed E-state index contributed by atoms with van der Waals surface area (Å²) in [5.74, 6) is 0.117. The first-order valence-electron chi connectivity index (χ1n) is 9.64. The van der Waals surface area contributed by atoms with E-state index in [-0.39, 0.29) is 10.8 Å². The SMILES string of the molecule is Cc1ccc(S(=O)(=O)O)c(CCCC2(O)CCCCC2c2ccccc2)c1. The highest BCUT2D eigenvalue weighted by Gasteiger charge is 2.39. The largest absolute Gasteiger partial charge is 0.389 e. The molecular weight excluding hydrogens is 360 g/mol. The van der Waals surface area contributed by atoms with Crippen molar-refractivity contribution in [3.63, 3.8) is 0 Å². The summed E-state index contributed by atoms with van der Waals surface area (Å²) in [6, 6.07) is 15.1. The second kappa shape index (κ2) is 8.13. The van der Waals surface area contributed by atoms with Gasteiger partial charge in [0.2, 0.25) is 0 Å². The number of hydrogen-bond donors (Lipinski definition) is 2. The van der Waals surface area contributed by atoms with E-state index >= 15 is 0 Å². The molecule has 0 aliphatic heterocycles. The highest BCUT2D eigenvalue weighted by atomic mass is 32.2. The Kier molecular flexibility index (Phi) is 6.04. The van der Waals surface area contributed by atoms with Crippen molar-refractivity contribution in [3.05, 3.63) is 65.2 Å². The van der Waals surface area contributed by atoms with Gasteiger partial charge in [-0.15, -0.1) is 0 Å². The Bertz CT molecular complexity index is 876. The third-order valence-corrected chi connectivity index (χ3v) is 6.71. The summed E-state index contributed by atoms with van der Waals surface area (Å²) in [5.41, 5.74) is 1.99. The van der Waals surface area contributed by atoms with Crippen molar-refractivity contribution >= 4 is 10.1 Å². The number of aryl methyl sites for hydroxylation is 2. The van der Waals surface area contributed by atoms with Crippen molar-refractivity contribution in [1.82, 2.24) is 0 Å². The molecule has 0 radical (unpaired) electrons. The van der Waals surface area contributed by atoms with Crippen molar-refractivity contribution in [3.8, 4) is 0 Å². The summed E-state index contributed by atoms with van der Waals surface area (Å²) in [6.45, 7) is 1.90. The van der Waals surface area contributed by atoms with Crippen LogP contribution < -0.4 is 0 Å². The van der Waals surface area contributed by atoms with E-state index in [0.717, 1.165) is 31.2 Å². The highest BCUT2D eigenvalue weighted by molar-refractivity contribution is 7.85. The Morgan fingerprint density at radius 3 is 2.56 bits per heavy atom. The first-order chi connectivity index (χ1) is 12.8. The summed E-state index contributed by atoms with van der Waals surface area (Å²) < 4.78 is 32.7. The van der Waals surface area contributed by atoms with Crippen molar-refractivity contribution in [1.29, 1.82) is 0 Å². The minimum Gasteiger partial charge on any atom is -0.389 e. The normalized spacial score (nSPS) is 23.3. The van der Waals surface area contributed by atoms with Gasteiger partial charge < -0.3 is 5.11 Å². The average molecular weight is 389 g/mol. The predicted molar refractivity (Wildman–Crippen MR) is 107 cm³/mol. The van der Waals surface area contributed by atoms with Crippen LogP contribution >= 0.6 is 0 Å². The second-order valence-corrected chi connectivity index (χ2v) is 9.14. The third kappa shape index (κ3) is 4.78. The van der Waals surface area contributed by atoms with Crippen LogP contribution in [0.25, 0.3) is 0 Å². The lowest BCUT2D eigenvalue weighted by atomic mass is 9.69. The van der Waals surface area contributed by atoms with E-state index in [1.807, 2.05) is 31.2 Å². The van der Waals surface area contributed by atoms with Gasteiger partial charge in [-0.1, -0.05) is 60.9 Å². The van der Waals surface area contributed by atoms with Crippen LogP contribution in [0.3, 0.4) is 0 Å². The molecule has 2 aromatic rings. The van der Waals surface area contributed by atoms with Crippen molar-refractivity contribution in [2.24, 2.45) is 0 Å². The molecule has 0 aromatic heterocycles. The van der Waals surface area contributed by atoms with Gasteiger partial charge in [-0.2, -0.15) is 8.42 Å². The molecule has 5 heteroatoms. The number of benzene rings is 2. The van der Waals surface area contributed by atoms with Gasteiger partial charge in [-0.3, -0.25) is 4.55 Å². The molecule has 3 rings (SSSR count). The van der Waals surface area contributed by atoms with Gasteiger partial charge in [0.05, 0.1) is 10.5 Å². The van der Waals surface area contributed by atoms with E-state index in [0.29, 0.717) is 24.8 Å². The van der Waals surface area contributed by atoms with Gasteiger partial charge in [-0.25, -0.2) is 0 Å². The van der Waals surface area contributed by atoms with Gasteiger partial charge in [0, 0.05) is 5.92 Å². The summed E-state index contributed by atoms with van der Waals surface area (Å²) in [5, 5.41) is 11.4. The minimum atomic E-state index is -4.24. The van der Waals surface area contributed by atoms with E-state index in [1.54, 1.807) is 6.07 Å². The summed E-state index contributed by atoms with van der Waals surface area (Å²) in [4.78, 5) is -0.0247. The summed E-state index contributed by atoms with van der Waals surface area (Å²) in [6.07, 6.45) is 5.68. The summed E-state index contributed by atoms with van der Waals surface area (Å²) in [7, 11) is -4.24. The third-order valence-electron chi connectivity index (χ3n) is 5.75. The van der Waals surface area contributed by atoms with Gasteiger partial charge in [0.1, 0.15) is 0 Å². The standard InChI is InChI=1S/C22H28O4S/c1-17-12-13-21(27(24,25)26)19(16-17)10-7-15-22(23)14-6-5-11-20(22)18-8-3-2-4-9-18/h2-4,8-9,12-13,16,20,23H,5-7,10-11,14-15H2,1H3,(H,24,25,26). The molecule has 2 unspecified atom stereocenters. The smallest absolute Gasteiger partial charge is 0.294 e. The molecular formula is C22H28O4S. The van der Waals surface area contributed by atoms with Crippen LogP contribution in [0.4, 0.5) is 0 Å². The molecule has 2 N–H and O–H groups in total. The maximum absolute atomic E-state index is 11.6. The first-order valence-corrected chi connectivity index (χ1v) is 11.1. The predicted octanol–water partition coefficient (Wildman–Crippen LogP) is 4.65. The lowest BCUT2D eigenvalue weighted by Gasteiger charge is -2.40. The molecule has 1 aliphatic rings. The Morgan fingerprint density at radius 2 is 1.85 bits per heavy atom. The molecule has 1 fully saturated rings. The number of hydrogen-bond acceptors (Lipinski definition) is 3.